The van der Waals surface area contributed by atoms with Crippen molar-refractivity contribution >= 4 is 11.9 Å². The second-order valence-electron chi connectivity index (χ2n) is 5.71. The summed E-state index contributed by atoms with van der Waals surface area (Å²) >= 11 is 0. The largest absolute Gasteiger partial charge is 0.550 e. The summed E-state index contributed by atoms with van der Waals surface area (Å²) < 4.78 is 0. The maximum absolute atomic E-state index is 12.1. The summed E-state index contributed by atoms with van der Waals surface area (Å²) in [7, 11) is 0. The van der Waals surface area contributed by atoms with E-state index in [0.717, 1.165) is 19.3 Å². The number of aryl methyl sites for hydroxylation is 1. The first-order valence-electron chi connectivity index (χ1n) is 7.86. The third-order valence-corrected chi connectivity index (χ3v) is 4.11. The number of nitrogens with one attached hydrogen (secondary N) is 1. The zero-order chi connectivity index (χ0) is 15.8. The van der Waals surface area contributed by atoms with Gasteiger partial charge in [-0.25, -0.2) is 0 Å². The van der Waals surface area contributed by atoms with Crippen LogP contribution in [0.2, 0.25) is 0 Å². The second-order valence-corrected chi connectivity index (χ2v) is 5.71. The zero-order valence-corrected chi connectivity index (χ0v) is 12.7. The average Bonchev–Trinajstić information content (AvgIpc) is 2.55. The number of unbranched alkanes of at least 4 members (excludes halogenated alkanes) is 1. The lowest BCUT2D eigenvalue weighted by Crippen LogP contribution is -2.43. The van der Waals surface area contributed by atoms with Crippen molar-refractivity contribution in [3.63, 3.8) is 0 Å². The minimum Gasteiger partial charge on any atom is -0.550 e. The fraction of sp³-hybridized carbons (Fsp3) is 0.444. The van der Waals surface area contributed by atoms with Gasteiger partial charge >= 0.3 is 0 Å². The Morgan fingerprint density at radius 1 is 1.05 bits per heavy atom. The third-order valence-electron chi connectivity index (χ3n) is 4.11. The van der Waals surface area contributed by atoms with Gasteiger partial charge in [-0.2, -0.15) is 0 Å². The van der Waals surface area contributed by atoms with E-state index in [0.29, 0.717) is 19.4 Å². The van der Waals surface area contributed by atoms with E-state index < -0.39 is 17.8 Å². The molecule has 4 heteroatoms. The molecule has 0 saturated heterocycles. The quantitative estimate of drug-likeness (QED) is 0.612. The Morgan fingerprint density at radius 2 is 1.73 bits per heavy atom. The number of hydrogen-bond acceptors (Lipinski definition) is 3. The van der Waals surface area contributed by atoms with Crippen LogP contribution in [0.4, 0.5) is 0 Å². The van der Waals surface area contributed by atoms with Crippen LogP contribution in [0.15, 0.2) is 42.5 Å². The molecule has 1 aliphatic rings. The smallest absolute Gasteiger partial charge is 0.224 e. The second kappa shape index (κ2) is 8.37. The Balaban J connectivity index is 1.69. The number of carbonyl (C=O) groups is 2. The molecule has 1 aliphatic carbocycles. The van der Waals surface area contributed by atoms with E-state index in [1.165, 1.54) is 5.56 Å². The fourth-order valence-corrected chi connectivity index (χ4v) is 2.81. The standard InChI is InChI=1S/C18H23NO3/c20-17(15-11-4-5-12-16(15)18(21)22)19-13-7-6-10-14-8-2-1-3-9-14/h1-5,8-9,15-16H,6-7,10-13H2,(H,19,20)(H,21,22)/p-1/t15-,16+/m0/s1. The summed E-state index contributed by atoms with van der Waals surface area (Å²) in [6.45, 7) is 0.589. The topological polar surface area (TPSA) is 69.2 Å². The van der Waals surface area contributed by atoms with E-state index in [4.69, 9.17) is 0 Å². The van der Waals surface area contributed by atoms with E-state index in [9.17, 15) is 14.7 Å². The predicted octanol–water partition coefficient (Wildman–Crippen LogP) is 1.46. The van der Waals surface area contributed by atoms with Crippen LogP contribution in [0.1, 0.15) is 31.2 Å². The van der Waals surface area contributed by atoms with Gasteiger partial charge in [0, 0.05) is 24.3 Å². The maximum Gasteiger partial charge on any atom is 0.224 e. The van der Waals surface area contributed by atoms with Gasteiger partial charge in [-0.1, -0.05) is 42.5 Å². The highest BCUT2D eigenvalue weighted by atomic mass is 16.4. The van der Waals surface area contributed by atoms with Gasteiger partial charge in [-0.05, 0) is 37.7 Å². The molecule has 0 fully saturated rings. The van der Waals surface area contributed by atoms with Crippen molar-refractivity contribution in [1.82, 2.24) is 5.32 Å². The molecular weight excluding hydrogens is 278 g/mol. The van der Waals surface area contributed by atoms with E-state index in [-0.39, 0.29) is 5.91 Å². The SMILES string of the molecule is O=C(NCCCCc1ccccc1)[C@H]1CC=CC[C@H]1C(=O)[O-]. The van der Waals surface area contributed by atoms with Crippen molar-refractivity contribution in [3.8, 4) is 0 Å². The van der Waals surface area contributed by atoms with Crippen molar-refractivity contribution in [2.75, 3.05) is 6.54 Å². The monoisotopic (exact) mass is 300 g/mol. The molecule has 0 radical (unpaired) electrons. The minimum atomic E-state index is -1.13. The summed E-state index contributed by atoms with van der Waals surface area (Å²) in [4.78, 5) is 23.2. The van der Waals surface area contributed by atoms with Crippen LogP contribution in [0.3, 0.4) is 0 Å². The normalized spacial score (nSPS) is 20.5. The molecule has 1 aromatic carbocycles. The number of benzene rings is 1. The van der Waals surface area contributed by atoms with Crippen molar-refractivity contribution in [1.29, 1.82) is 0 Å². The molecule has 4 nitrogen and oxygen atoms in total. The molecule has 0 aliphatic heterocycles. The maximum atomic E-state index is 12.1. The molecule has 0 aromatic heterocycles. The highest BCUT2D eigenvalue weighted by molar-refractivity contribution is 5.84. The Hall–Kier alpha value is -2.10. The highest BCUT2D eigenvalue weighted by Gasteiger charge is 2.29. The number of amides is 1. The van der Waals surface area contributed by atoms with Crippen LogP contribution in [0, 0.1) is 11.8 Å². The number of rotatable bonds is 7. The third kappa shape index (κ3) is 4.72. The van der Waals surface area contributed by atoms with Crippen LogP contribution >= 0.6 is 0 Å². The lowest BCUT2D eigenvalue weighted by molar-refractivity contribution is -0.313. The van der Waals surface area contributed by atoms with E-state index in [1.54, 1.807) is 0 Å². The minimum absolute atomic E-state index is 0.168. The number of hydrogen-bond donors (Lipinski definition) is 1. The molecule has 22 heavy (non-hydrogen) atoms. The Morgan fingerprint density at radius 3 is 2.41 bits per heavy atom. The molecule has 0 bridgehead atoms. The molecule has 0 heterocycles. The first-order chi connectivity index (χ1) is 10.7. The summed E-state index contributed by atoms with van der Waals surface area (Å²) in [5.41, 5.74) is 1.29. The average molecular weight is 300 g/mol. The Kier molecular flexibility index (Phi) is 6.19. The Bertz CT molecular complexity index is 524. The molecule has 1 aromatic rings. The van der Waals surface area contributed by atoms with Crippen LogP contribution < -0.4 is 10.4 Å². The number of carboxylic acid groups (broad SMARTS) is 1. The molecule has 1 N–H and O–H groups in total. The van der Waals surface area contributed by atoms with Crippen LogP contribution in [-0.4, -0.2) is 18.4 Å². The van der Waals surface area contributed by atoms with E-state index >= 15 is 0 Å². The van der Waals surface area contributed by atoms with Crippen LogP contribution in [0.5, 0.6) is 0 Å². The molecule has 2 rings (SSSR count). The molecular formula is C18H22NO3-. The van der Waals surface area contributed by atoms with Crippen LogP contribution in [-0.2, 0) is 16.0 Å². The van der Waals surface area contributed by atoms with Gasteiger partial charge in [-0.3, -0.25) is 4.79 Å². The van der Waals surface area contributed by atoms with Gasteiger partial charge in [0.05, 0.1) is 0 Å². The van der Waals surface area contributed by atoms with Gasteiger partial charge in [0.1, 0.15) is 0 Å². The molecule has 2 atom stereocenters. The molecule has 0 spiro atoms. The van der Waals surface area contributed by atoms with E-state index in [2.05, 4.69) is 17.4 Å². The fourth-order valence-electron chi connectivity index (χ4n) is 2.81. The zero-order valence-electron chi connectivity index (χ0n) is 12.7. The summed E-state index contributed by atoms with van der Waals surface area (Å²) in [6, 6.07) is 10.2. The lowest BCUT2D eigenvalue weighted by atomic mass is 9.82. The van der Waals surface area contributed by atoms with Crippen molar-refractivity contribution in [2.45, 2.75) is 32.1 Å². The summed E-state index contributed by atoms with van der Waals surface area (Å²) in [6.07, 6.45) is 7.43. The molecule has 118 valence electrons. The van der Waals surface area contributed by atoms with Crippen LogP contribution in [0.25, 0.3) is 0 Å². The summed E-state index contributed by atoms with van der Waals surface area (Å²) in [5, 5.41) is 13.9. The van der Waals surface area contributed by atoms with Crippen molar-refractivity contribution in [2.24, 2.45) is 11.8 Å². The summed E-state index contributed by atoms with van der Waals surface area (Å²) in [5.74, 6) is -2.50. The van der Waals surface area contributed by atoms with Gasteiger partial charge in [0.25, 0.3) is 0 Å². The number of allylic oxidation sites excluding steroid dienone is 2. The molecule has 0 saturated carbocycles. The predicted molar refractivity (Wildman–Crippen MR) is 82.8 cm³/mol. The van der Waals surface area contributed by atoms with Crippen molar-refractivity contribution < 1.29 is 14.7 Å². The number of carbonyl (C=O) groups excluding carboxylic acids is 2. The first-order valence-corrected chi connectivity index (χ1v) is 7.86. The number of aliphatic carboxylic acids is 1. The highest BCUT2D eigenvalue weighted by Crippen LogP contribution is 2.25. The van der Waals surface area contributed by atoms with Gasteiger partial charge in [-0.15, -0.1) is 0 Å². The molecule has 1 amide bonds. The first kappa shape index (κ1) is 16.3. The van der Waals surface area contributed by atoms with Gasteiger partial charge < -0.3 is 15.2 Å². The number of carboxylic acids is 1. The lowest BCUT2D eigenvalue weighted by Gasteiger charge is -2.28. The van der Waals surface area contributed by atoms with E-state index in [1.807, 2.05) is 30.4 Å². The van der Waals surface area contributed by atoms with Gasteiger partial charge in [0.2, 0.25) is 5.91 Å². The van der Waals surface area contributed by atoms with Crippen molar-refractivity contribution in [3.05, 3.63) is 48.0 Å². The van der Waals surface area contributed by atoms with Gasteiger partial charge in [0.15, 0.2) is 0 Å². The molecule has 0 unspecified atom stereocenters. The Labute approximate surface area is 131 Å².